The van der Waals surface area contributed by atoms with Gasteiger partial charge in [-0.15, -0.1) is 0 Å². The van der Waals surface area contributed by atoms with Gasteiger partial charge in [-0.05, 0) is 13.8 Å². The Bertz CT molecular complexity index is 302. The molecular formula is C11H20N2O3S. The Balaban J connectivity index is 2.64. The van der Waals surface area contributed by atoms with Crippen LogP contribution < -0.4 is 5.73 Å². The summed E-state index contributed by atoms with van der Waals surface area (Å²) in [6.07, 6.45) is 0.275. The fourth-order valence-electron chi connectivity index (χ4n) is 1.85. The van der Waals surface area contributed by atoms with E-state index in [4.69, 9.17) is 10.8 Å². The van der Waals surface area contributed by atoms with Crippen LogP contribution in [-0.2, 0) is 9.59 Å². The maximum Gasteiger partial charge on any atom is 0.305 e. The zero-order valence-corrected chi connectivity index (χ0v) is 11.1. The molecule has 1 saturated heterocycles. The summed E-state index contributed by atoms with van der Waals surface area (Å²) in [6, 6.07) is -0.193. The number of nitrogens with zero attached hydrogens (tertiary/aromatic N) is 1. The highest BCUT2D eigenvalue weighted by Crippen LogP contribution is 2.21. The zero-order valence-electron chi connectivity index (χ0n) is 10.3. The number of nitrogens with two attached hydrogens (primary N) is 1. The van der Waals surface area contributed by atoms with Crippen molar-refractivity contribution in [3.05, 3.63) is 0 Å². The highest BCUT2D eigenvalue weighted by molar-refractivity contribution is 7.99. The molecule has 0 bridgehead atoms. The van der Waals surface area contributed by atoms with Crippen molar-refractivity contribution in [2.24, 2.45) is 5.73 Å². The van der Waals surface area contributed by atoms with Crippen molar-refractivity contribution < 1.29 is 14.7 Å². The maximum atomic E-state index is 12.0. The first-order valence-electron chi connectivity index (χ1n) is 5.67. The second-order valence-electron chi connectivity index (χ2n) is 5.08. The molecule has 17 heavy (non-hydrogen) atoms. The molecule has 0 aromatic rings. The quantitative estimate of drug-likeness (QED) is 0.770. The van der Waals surface area contributed by atoms with Crippen LogP contribution in [0.5, 0.6) is 0 Å². The number of rotatable bonds is 4. The lowest BCUT2D eigenvalue weighted by Gasteiger charge is -2.36. The lowest BCUT2D eigenvalue weighted by molar-refractivity contribution is -0.140. The van der Waals surface area contributed by atoms with Gasteiger partial charge in [0.05, 0.1) is 12.5 Å². The van der Waals surface area contributed by atoms with E-state index in [0.29, 0.717) is 12.3 Å². The molecule has 0 saturated carbocycles. The van der Waals surface area contributed by atoms with Gasteiger partial charge in [0.25, 0.3) is 0 Å². The van der Waals surface area contributed by atoms with Crippen LogP contribution in [0.1, 0.15) is 26.7 Å². The van der Waals surface area contributed by atoms with Crippen molar-refractivity contribution in [2.75, 3.05) is 18.1 Å². The molecular weight excluding hydrogens is 240 g/mol. The predicted molar refractivity (Wildman–Crippen MR) is 68.0 cm³/mol. The van der Waals surface area contributed by atoms with Crippen LogP contribution in [0.25, 0.3) is 0 Å². The van der Waals surface area contributed by atoms with Crippen molar-refractivity contribution in [3.63, 3.8) is 0 Å². The van der Waals surface area contributed by atoms with Crippen molar-refractivity contribution in [1.29, 1.82) is 0 Å². The largest absolute Gasteiger partial charge is 0.481 e. The van der Waals surface area contributed by atoms with Crippen LogP contribution in [0.15, 0.2) is 0 Å². The van der Waals surface area contributed by atoms with Gasteiger partial charge in [-0.2, -0.15) is 11.8 Å². The number of amides is 1. The van der Waals surface area contributed by atoms with Gasteiger partial charge in [0.2, 0.25) is 5.91 Å². The van der Waals surface area contributed by atoms with Gasteiger partial charge >= 0.3 is 5.97 Å². The summed E-state index contributed by atoms with van der Waals surface area (Å²) in [4.78, 5) is 24.5. The predicted octanol–water partition coefficient (Wildman–Crippen LogP) is 0.532. The molecule has 0 aromatic carbocycles. The highest BCUT2D eigenvalue weighted by Gasteiger charge is 2.30. The molecule has 1 unspecified atom stereocenters. The number of carbonyl (C=O) groups excluding carboxylic acids is 1. The Hall–Kier alpha value is -0.750. The van der Waals surface area contributed by atoms with Crippen LogP contribution in [0.2, 0.25) is 0 Å². The lowest BCUT2D eigenvalue weighted by Crippen LogP contribution is -2.50. The van der Waals surface area contributed by atoms with Crippen LogP contribution in [0, 0.1) is 0 Å². The number of hydrogen-bond acceptors (Lipinski definition) is 4. The Kier molecular flexibility index (Phi) is 4.82. The monoisotopic (exact) mass is 260 g/mol. The SMILES string of the molecule is CC(C)(N)CC(=O)N1CCSCC1CC(=O)O. The molecule has 1 heterocycles. The Labute approximate surface area is 106 Å². The maximum absolute atomic E-state index is 12.0. The topological polar surface area (TPSA) is 83.6 Å². The molecule has 0 aliphatic carbocycles. The van der Waals surface area contributed by atoms with Gasteiger partial charge in [0.15, 0.2) is 0 Å². The smallest absolute Gasteiger partial charge is 0.305 e. The number of carbonyl (C=O) groups is 2. The minimum absolute atomic E-state index is 0.0176. The first kappa shape index (κ1) is 14.3. The molecule has 5 nitrogen and oxygen atoms in total. The average molecular weight is 260 g/mol. The van der Waals surface area contributed by atoms with Crippen molar-refractivity contribution in [1.82, 2.24) is 4.90 Å². The van der Waals surface area contributed by atoms with Crippen molar-refractivity contribution >= 4 is 23.6 Å². The molecule has 1 atom stereocenters. The summed E-state index contributed by atoms with van der Waals surface area (Å²) in [5.74, 6) is 0.668. The summed E-state index contributed by atoms with van der Waals surface area (Å²) in [5, 5.41) is 8.83. The minimum atomic E-state index is -0.859. The summed E-state index contributed by atoms with van der Waals surface area (Å²) < 4.78 is 0. The van der Waals surface area contributed by atoms with Crippen LogP contribution in [0.4, 0.5) is 0 Å². The van der Waals surface area contributed by atoms with E-state index in [-0.39, 0.29) is 24.8 Å². The van der Waals surface area contributed by atoms with Gasteiger partial charge in [0.1, 0.15) is 0 Å². The lowest BCUT2D eigenvalue weighted by atomic mass is 10.0. The van der Waals surface area contributed by atoms with Gasteiger partial charge in [-0.3, -0.25) is 9.59 Å². The molecule has 98 valence electrons. The van der Waals surface area contributed by atoms with E-state index in [9.17, 15) is 9.59 Å². The van der Waals surface area contributed by atoms with E-state index in [1.54, 1.807) is 30.5 Å². The summed E-state index contributed by atoms with van der Waals surface area (Å²) >= 11 is 1.70. The molecule has 1 aliphatic heterocycles. The van der Waals surface area contributed by atoms with E-state index < -0.39 is 11.5 Å². The highest BCUT2D eigenvalue weighted by atomic mass is 32.2. The van der Waals surface area contributed by atoms with E-state index in [1.165, 1.54) is 0 Å². The second-order valence-corrected chi connectivity index (χ2v) is 6.23. The summed E-state index contributed by atoms with van der Waals surface area (Å²) in [5.41, 5.74) is 5.27. The molecule has 1 aliphatic rings. The van der Waals surface area contributed by atoms with Crippen LogP contribution in [-0.4, -0.2) is 51.5 Å². The zero-order chi connectivity index (χ0) is 13.1. The van der Waals surface area contributed by atoms with Gasteiger partial charge < -0.3 is 15.7 Å². The van der Waals surface area contributed by atoms with E-state index in [0.717, 1.165) is 5.75 Å². The van der Waals surface area contributed by atoms with E-state index >= 15 is 0 Å². The minimum Gasteiger partial charge on any atom is -0.481 e. The summed E-state index contributed by atoms with van der Waals surface area (Å²) in [7, 11) is 0. The number of thioether (sulfide) groups is 1. The Morgan fingerprint density at radius 1 is 1.53 bits per heavy atom. The van der Waals surface area contributed by atoms with Crippen molar-refractivity contribution in [2.45, 2.75) is 38.3 Å². The molecule has 0 radical (unpaired) electrons. The second kappa shape index (κ2) is 5.73. The van der Waals surface area contributed by atoms with Gasteiger partial charge in [-0.25, -0.2) is 0 Å². The molecule has 0 spiro atoms. The first-order chi connectivity index (χ1) is 7.79. The number of carboxylic acids is 1. The van der Waals surface area contributed by atoms with Gasteiger partial charge in [-0.1, -0.05) is 0 Å². The fourth-order valence-corrected chi connectivity index (χ4v) is 2.91. The van der Waals surface area contributed by atoms with E-state index in [2.05, 4.69) is 0 Å². The molecule has 1 fully saturated rings. The summed E-state index contributed by atoms with van der Waals surface area (Å²) in [6.45, 7) is 4.23. The average Bonchev–Trinajstić information content (AvgIpc) is 2.14. The van der Waals surface area contributed by atoms with Gasteiger partial charge in [0, 0.05) is 30.0 Å². The van der Waals surface area contributed by atoms with Crippen LogP contribution >= 0.6 is 11.8 Å². The Morgan fingerprint density at radius 2 is 2.18 bits per heavy atom. The number of carboxylic acid groups (broad SMARTS) is 1. The van der Waals surface area contributed by atoms with Crippen LogP contribution in [0.3, 0.4) is 0 Å². The third kappa shape index (κ3) is 4.95. The fraction of sp³-hybridized carbons (Fsp3) is 0.818. The molecule has 0 aromatic heterocycles. The normalized spacial score (nSPS) is 21.4. The number of hydrogen-bond donors (Lipinski definition) is 2. The Morgan fingerprint density at radius 3 is 2.71 bits per heavy atom. The number of aliphatic carboxylic acids is 1. The molecule has 1 amide bonds. The standard InChI is InChI=1S/C11H20N2O3S/c1-11(2,12)6-9(14)13-3-4-17-7-8(13)5-10(15)16/h8H,3-7,12H2,1-2H3,(H,15,16). The molecule has 1 rings (SSSR count). The first-order valence-corrected chi connectivity index (χ1v) is 6.83. The molecule has 6 heteroatoms. The van der Waals surface area contributed by atoms with Crippen molar-refractivity contribution in [3.8, 4) is 0 Å². The third-order valence-electron chi connectivity index (χ3n) is 2.56. The molecule has 3 N–H and O–H groups in total. The van der Waals surface area contributed by atoms with E-state index in [1.807, 2.05) is 0 Å². The third-order valence-corrected chi connectivity index (χ3v) is 3.66.